The lowest BCUT2D eigenvalue weighted by Gasteiger charge is -2.25. The molecule has 0 aliphatic heterocycles. The highest BCUT2D eigenvalue weighted by Gasteiger charge is 2.47. The maximum Gasteiger partial charge on any atom is 0.309 e. The van der Waals surface area contributed by atoms with Gasteiger partial charge in [-0.05, 0) is 43.7 Å². The quantitative estimate of drug-likeness (QED) is 0.852. The number of aliphatic carboxylic acids is 1. The number of benzene rings is 1. The van der Waals surface area contributed by atoms with Crippen LogP contribution in [0.4, 0.5) is 0 Å². The van der Waals surface area contributed by atoms with E-state index in [0.717, 1.165) is 24.2 Å². The van der Waals surface area contributed by atoms with E-state index >= 15 is 0 Å². The van der Waals surface area contributed by atoms with E-state index in [2.05, 4.69) is 0 Å². The fourth-order valence-corrected chi connectivity index (χ4v) is 2.36. The van der Waals surface area contributed by atoms with Crippen molar-refractivity contribution in [1.29, 1.82) is 0 Å². The Kier molecular flexibility index (Phi) is 3.09. The van der Waals surface area contributed by atoms with Gasteiger partial charge in [-0.15, -0.1) is 0 Å². The van der Waals surface area contributed by atoms with Gasteiger partial charge in [-0.2, -0.15) is 0 Å². The molecule has 0 spiro atoms. The van der Waals surface area contributed by atoms with E-state index in [1.807, 2.05) is 31.2 Å². The van der Waals surface area contributed by atoms with E-state index in [-0.39, 0.29) is 0 Å². The van der Waals surface area contributed by atoms with Gasteiger partial charge < -0.3 is 9.84 Å². The Labute approximate surface area is 101 Å². The topological polar surface area (TPSA) is 46.5 Å². The Bertz CT molecular complexity index is 423. The Hall–Kier alpha value is -1.51. The molecule has 1 atom stereocenters. The van der Waals surface area contributed by atoms with E-state index in [9.17, 15) is 9.90 Å². The minimum Gasteiger partial charge on any atom is -0.496 e. The van der Waals surface area contributed by atoms with Gasteiger partial charge in [0.2, 0.25) is 0 Å². The van der Waals surface area contributed by atoms with Crippen molar-refractivity contribution in [1.82, 2.24) is 0 Å². The largest absolute Gasteiger partial charge is 0.496 e. The van der Waals surface area contributed by atoms with Crippen molar-refractivity contribution < 1.29 is 14.6 Å². The van der Waals surface area contributed by atoms with Gasteiger partial charge in [0, 0.05) is 0 Å². The number of carbonyl (C=O) groups is 1. The fraction of sp³-hybridized carbons (Fsp3) is 0.500. The van der Waals surface area contributed by atoms with E-state index in [1.54, 1.807) is 7.11 Å². The van der Waals surface area contributed by atoms with E-state index in [1.165, 1.54) is 0 Å². The molecule has 2 rings (SSSR count). The van der Waals surface area contributed by atoms with Crippen molar-refractivity contribution in [2.75, 3.05) is 7.11 Å². The molecule has 0 radical (unpaired) electrons. The smallest absolute Gasteiger partial charge is 0.309 e. The van der Waals surface area contributed by atoms with Crippen LogP contribution in [-0.2, 0) is 11.2 Å². The van der Waals surface area contributed by atoms with Crippen LogP contribution in [0.1, 0.15) is 25.3 Å². The van der Waals surface area contributed by atoms with Crippen LogP contribution in [0, 0.1) is 11.3 Å². The summed E-state index contributed by atoms with van der Waals surface area (Å²) in [5.74, 6) is 0.386. The third kappa shape index (κ3) is 2.28. The van der Waals surface area contributed by atoms with Gasteiger partial charge in [0.15, 0.2) is 0 Å². The number of rotatable bonds is 5. The number of hydrogen-bond donors (Lipinski definition) is 1. The van der Waals surface area contributed by atoms with Crippen molar-refractivity contribution in [2.45, 2.75) is 26.2 Å². The van der Waals surface area contributed by atoms with Gasteiger partial charge in [-0.3, -0.25) is 4.79 Å². The average molecular weight is 234 g/mol. The molecule has 0 heterocycles. The van der Waals surface area contributed by atoms with Gasteiger partial charge in [0.05, 0.1) is 12.5 Å². The lowest BCUT2D eigenvalue weighted by Crippen LogP contribution is -2.32. The van der Waals surface area contributed by atoms with Gasteiger partial charge in [0.25, 0.3) is 0 Å². The molecule has 3 nitrogen and oxygen atoms in total. The van der Waals surface area contributed by atoms with E-state index in [0.29, 0.717) is 12.3 Å². The highest BCUT2D eigenvalue weighted by molar-refractivity contribution is 5.75. The normalized spacial score (nSPS) is 18.5. The molecular weight excluding hydrogens is 216 g/mol. The minimum absolute atomic E-state index is 0.310. The summed E-state index contributed by atoms with van der Waals surface area (Å²) in [6.07, 6.45) is 2.59. The minimum atomic E-state index is -0.703. The second-order valence-corrected chi connectivity index (χ2v) is 4.99. The SMILES string of the molecule is COc1ccccc1CC(C)(C(=O)O)C1CC1. The van der Waals surface area contributed by atoms with Crippen LogP contribution < -0.4 is 4.74 Å². The molecule has 1 fully saturated rings. The molecule has 1 aliphatic rings. The highest BCUT2D eigenvalue weighted by atomic mass is 16.5. The molecule has 92 valence electrons. The molecule has 0 aromatic heterocycles. The zero-order valence-corrected chi connectivity index (χ0v) is 10.3. The first-order valence-corrected chi connectivity index (χ1v) is 5.93. The Morgan fingerprint density at radius 2 is 2.12 bits per heavy atom. The molecule has 1 N–H and O–H groups in total. The predicted octanol–water partition coefficient (Wildman–Crippen LogP) is 2.74. The molecular formula is C14H18O3. The van der Waals surface area contributed by atoms with Crippen LogP contribution in [0.25, 0.3) is 0 Å². The van der Waals surface area contributed by atoms with Crippen LogP contribution in [-0.4, -0.2) is 18.2 Å². The second-order valence-electron chi connectivity index (χ2n) is 4.99. The molecule has 1 unspecified atom stereocenters. The summed E-state index contributed by atoms with van der Waals surface area (Å²) in [4.78, 5) is 11.5. The lowest BCUT2D eigenvalue weighted by atomic mass is 9.79. The predicted molar refractivity (Wildman–Crippen MR) is 65.2 cm³/mol. The summed E-state index contributed by atoms with van der Waals surface area (Å²) < 4.78 is 5.28. The molecule has 1 aromatic carbocycles. The third-order valence-electron chi connectivity index (χ3n) is 3.72. The van der Waals surface area contributed by atoms with Crippen molar-refractivity contribution in [3.63, 3.8) is 0 Å². The number of carboxylic acid groups (broad SMARTS) is 1. The number of para-hydroxylation sites is 1. The Morgan fingerprint density at radius 3 is 2.65 bits per heavy atom. The van der Waals surface area contributed by atoms with Gasteiger partial charge in [0.1, 0.15) is 5.75 Å². The van der Waals surface area contributed by atoms with Crippen molar-refractivity contribution in [3.05, 3.63) is 29.8 Å². The highest BCUT2D eigenvalue weighted by Crippen LogP contribution is 2.48. The van der Waals surface area contributed by atoms with Gasteiger partial charge >= 0.3 is 5.97 Å². The maximum absolute atomic E-state index is 11.5. The molecule has 1 aromatic rings. The summed E-state index contributed by atoms with van der Waals surface area (Å²) >= 11 is 0. The van der Waals surface area contributed by atoms with Gasteiger partial charge in [-0.1, -0.05) is 18.2 Å². The van der Waals surface area contributed by atoms with E-state index in [4.69, 9.17) is 4.74 Å². The Morgan fingerprint density at radius 1 is 1.47 bits per heavy atom. The second kappa shape index (κ2) is 4.40. The molecule has 0 saturated heterocycles. The first-order chi connectivity index (χ1) is 8.08. The lowest BCUT2D eigenvalue weighted by molar-refractivity contribution is -0.149. The third-order valence-corrected chi connectivity index (χ3v) is 3.72. The van der Waals surface area contributed by atoms with Crippen LogP contribution >= 0.6 is 0 Å². The van der Waals surface area contributed by atoms with Gasteiger partial charge in [-0.25, -0.2) is 0 Å². The zero-order chi connectivity index (χ0) is 12.5. The number of carboxylic acids is 1. The first-order valence-electron chi connectivity index (χ1n) is 5.93. The summed E-state index contributed by atoms with van der Waals surface area (Å²) in [7, 11) is 1.62. The average Bonchev–Trinajstić information content (AvgIpc) is 3.13. The van der Waals surface area contributed by atoms with Crippen molar-refractivity contribution in [2.24, 2.45) is 11.3 Å². The van der Waals surface area contributed by atoms with Crippen LogP contribution in [0.3, 0.4) is 0 Å². The molecule has 3 heteroatoms. The number of ether oxygens (including phenoxy) is 1. The van der Waals surface area contributed by atoms with Crippen molar-refractivity contribution >= 4 is 5.97 Å². The molecule has 1 saturated carbocycles. The first kappa shape index (κ1) is 12.0. The van der Waals surface area contributed by atoms with Crippen LogP contribution in [0.5, 0.6) is 5.75 Å². The molecule has 1 aliphatic carbocycles. The zero-order valence-electron chi connectivity index (χ0n) is 10.3. The maximum atomic E-state index is 11.5. The molecule has 0 bridgehead atoms. The summed E-state index contributed by atoms with van der Waals surface area (Å²) in [6, 6.07) is 7.65. The van der Waals surface area contributed by atoms with E-state index < -0.39 is 11.4 Å². The molecule has 17 heavy (non-hydrogen) atoms. The van der Waals surface area contributed by atoms with Crippen LogP contribution in [0.2, 0.25) is 0 Å². The van der Waals surface area contributed by atoms with Crippen LogP contribution in [0.15, 0.2) is 24.3 Å². The fourth-order valence-electron chi connectivity index (χ4n) is 2.36. The monoisotopic (exact) mass is 234 g/mol. The standard InChI is InChI=1S/C14H18O3/c1-14(13(15)16,11-7-8-11)9-10-5-3-4-6-12(10)17-2/h3-6,11H,7-9H2,1-2H3,(H,15,16). The summed E-state index contributed by atoms with van der Waals surface area (Å²) in [5, 5.41) is 9.43. The summed E-state index contributed by atoms with van der Waals surface area (Å²) in [5.41, 5.74) is 0.320. The van der Waals surface area contributed by atoms with Crippen molar-refractivity contribution in [3.8, 4) is 5.75 Å². The number of methoxy groups -OCH3 is 1. The molecule has 0 amide bonds. The summed E-state index contributed by atoms with van der Waals surface area (Å²) in [6.45, 7) is 1.85. The number of hydrogen-bond acceptors (Lipinski definition) is 2. The Balaban J connectivity index is 2.26.